The van der Waals surface area contributed by atoms with Crippen molar-refractivity contribution >= 4 is 31.3 Å². The minimum absolute atomic E-state index is 0. The van der Waals surface area contributed by atoms with Gasteiger partial charge < -0.3 is 24.8 Å². The van der Waals surface area contributed by atoms with E-state index in [1.807, 2.05) is 0 Å². The van der Waals surface area contributed by atoms with E-state index in [2.05, 4.69) is 89.8 Å². The molecule has 0 radical (unpaired) electrons. The first-order valence-corrected chi connectivity index (χ1v) is 23.4. The summed E-state index contributed by atoms with van der Waals surface area (Å²) in [5.41, 5.74) is 0. The molecule has 2 aliphatic carbocycles. The normalized spacial score (nSPS) is 17.7. The Bertz CT molecular complexity index is 602. The first-order chi connectivity index (χ1) is 10.7. The molecule has 0 fully saturated rings. The summed E-state index contributed by atoms with van der Waals surface area (Å²) in [4.78, 5) is 0. The van der Waals surface area contributed by atoms with Crippen LogP contribution in [0, 0.1) is 12.2 Å². The van der Waals surface area contributed by atoms with Crippen molar-refractivity contribution in [3.05, 3.63) is 45.1 Å². The zero-order valence-electron chi connectivity index (χ0n) is 18.8. The van der Waals surface area contributed by atoms with E-state index in [0.29, 0.717) is 0 Å². The maximum absolute atomic E-state index is 3.84. The maximum Gasteiger partial charge on any atom is 4.00 e. The number of allylic oxidation sites excluding steroid dienone is 8. The van der Waals surface area contributed by atoms with Crippen LogP contribution in [0.5, 0.6) is 0 Å². The van der Waals surface area contributed by atoms with Gasteiger partial charge in [-0.2, -0.15) is 12.2 Å². The van der Waals surface area contributed by atoms with Crippen LogP contribution in [0.2, 0.25) is 65.5 Å². The second-order valence-electron chi connectivity index (χ2n) is 10.5. The molecule has 27 heavy (non-hydrogen) atoms. The number of hydrogen-bond acceptors (Lipinski definition) is 0. The molecule has 2 aliphatic rings. The molecule has 0 heterocycles. The fourth-order valence-electron chi connectivity index (χ4n) is 4.01. The molecule has 150 valence electrons. The second kappa shape index (κ2) is 9.95. The molecule has 0 N–H and O–H groups in total. The summed E-state index contributed by atoms with van der Waals surface area (Å²) in [5.74, 6) is 0. The van der Waals surface area contributed by atoms with Gasteiger partial charge in [0.1, 0.15) is 0 Å². The smallest absolute Gasteiger partial charge is 1.00 e. The van der Waals surface area contributed by atoms with E-state index < -0.39 is 31.3 Å². The van der Waals surface area contributed by atoms with Gasteiger partial charge in [-0.15, -0.1) is 12.8 Å². The fourth-order valence-corrected chi connectivity index (χ4v) is 21.0. The van der Waals surface area contributed by atoms with Crippen molar-refractivity contribution in [2.75, 3.05) is 0 Å². The van der Waals surface area contributed by atoms with Crippen molar-refractivity contribution in [3.63, 3.8) is 0 Å². The van der Waals surface area contributed by atoms with E-state index in [1.165, 1.54) is 0 Å². The summed E-state index contributed by atoms with van der Waals surface area (Å²) in [6.45, 7) is 25.5. The van der Waals surface area contributed by atoms with Gasteiger partial charge in [0.15, 0.2) is 0 Å². The minimum Gasteiger partial charge on any atom is -1.00 e. The van der Waals surface area contributed by atoms with Crippen molar-refractivity contribution in [3.8, 4) is 0 Å². The molecule has 0 aromatic carbocycles. The van der Waals surface area contributed by atoms with Crippen molar-refractivity contribution in [1.82, 2.24) is 0 Å². The van der Waals surface area contributed by atoms with Crippen molar-refractivity contribution in [1.29, 1.82) is 0 Å². The van der Waals surface area contributed by atoms with Gasteiger partial charge in [0.2, 0.25) is 0 Å². The standard InChI is InChI=1S/C20H36Si4.2ClH.Ti/c1-21(2,3)17-13-11-15-19(17)23(7,8)24(9,10)20-16-12-14-18(20)22(4,5)6;;;/h13-14H,11-12H2,1-10H3;2*1H;/q-2;;;+4/p-2. The van der Waals surface area contributed by atoms with Crippen LogP contribution < -0.4 is 24.8 Å². The van der Waals surface area contributed by atoms with Gasteiger partial charge >= 0.3 is 21.7 Å². The summed E-state index contributed by atoms with van der Waals surface area (Å²) < 4.78 is 0. The topological polar surface area (TPSA) is 0 Å². The van der Waals surface area contributed by atoms with Crippen LogP contribution in [0.25, 0.3) is 0 Å². The average Bonchev–Trinajstić information content (AvgIpc) is 3.06. The van der Waals surface area contributed by atoms with Gasteiger partial charge in [0.05, 0.1) is 0 Å². The van der Waals surface area contributed by atoms with E-state index >= 15 is 0 Å². The summed E-state index contributed by atoms with van der Waals surface area (Å²) in [6.07, 6.45) is 14.8. The van der Waals surface area contributed by atoms with E-state index in [-0.39, 0.29) is 46.5 Å². The molecule has 0 amide bonds. The van der Waals surface area contributed by atoms with E-state index in [0.717, 1.165) is 12.8 Å². The molecule has 0 atom stereocenters. The van der Waals surface area contributed by atoms with Gasteiger partial charge in [-0.25, -0.2) is 20.8 Å². The SMILES string of the molecule is C[Si](C)(C)C1=CC[C-]=C1[Si](C)(C)[Si](C)(C)C1=[C-]CC=C1[Si](C)(C)C.[Cl-].[Cl-].[Ti+4]. The van der Waals surface area contributed by atoms with Crippen LogP contribution in [-0.4, -0.2) is 31.3 Å². The molecule has 7 heteroatoms. The largest absolute Gasteiger partial charge is 4.00 e. The Hall–Kier alpha value is 1.12. The van der Waals surface area contributed by atoms with E-state index in [4.69, 9.17) is 0 Å². The molecule has 0 saturated carbocycles. The van der Waals surface area contributed by atoms with Crippen LogP contribution in [-0.2, 0) is 21.7 Å². The second-order valence-corrected chi connectivity index (χ2v) is 35.6. The maximum atomic E-state index is 3.84. The van der Waals surface area contributed by atoms with Crippen LogP contribution in [0.4, 0.5) is 0 Å². The molecule has 0 aromatic rings. The zero-order valence-corrected chi connectivity index (χ0v) is 25.9. The van der Waals surface area contributed by atoms with Gasteiger partial charge in [-0.05, 0) is 16.1 Å². The monoisotopic (exact) mass is 506 g/mol. The fraction of sp³-hybridized carbons (Fsp3) is 0.600. The quantitative estimate of drug-likeness (QED) is 0.374. The molecular weight excluding hydrogens is 471 g/mol. The third-order valence-electron chi connectivity index (χ3n) is 6.14. The Morgan fingerprint density at radius 3 is 1.07 bits per heavy atom. The Morgan fingerprint density at radius 2 is 0.852 bits per heavy atom. The Kier molecular flexibility index (Phi) is 11.2. The summed E-state index contributed by atoms with van der Waals surface area (Å²) >= 11 is 0. The van der Waals surface area contributed by atoms with Crippen LogP contribution in [0.3, 0.4) is 0 Å². The van der Waals surface area contributed by atoms with E-state index in [1.54, 1.807) is 20.8 Å². The Morgan fingerprint density at radius 1 is 0.593 bits per heavy atom. The summed E-state index contributed by atoms with van der Waals surface area (Å²) in [5, 5.41) is 6.82. The average molecular weight is 508 g/mol. The molecule has 2 rings (SSSR count). The predicted octanol–water partition coefficient (Wildman–Crippen LogP) is 0.440. The zero-order chi connectivity index (χ0) is 18.6. The molecule has 0 aromatic heterocycles. The van der Waals surface area contributed by atoms with Crippen molar-refractivity contribution in [2.24, 2.45) is 0 Å². The van der Waals surface area contributed by atoms with Gasteiger partial charge in [0.25, 0.3) is 0 Å². The van der Waals surface area contributed by atoms with Crippen molar-refractivity contribution < 1.29 is 46.5 Å². The Labute approximate surface area is 200 Å². The molecule has 0 unspecified atom stereocenters. The third kappa shape index (κ3) is 5.84. The first-order valence-electron chi connectivity index (χ1n) is 9.35. The van der Waals surface area contributed by atoms with Crippen LogP contribution >= 0.6 is 0 Å². The predicted molar refractivity (Wildman–Crippen MR) is 121 cm³/mol. The number of rotatable bonds is 5. The van der Waals surface area contributed by atoms with Crippen LogP contribution in [0.15, 0.2) is 32.9 Å². The summed E-state index contributed by atoms with van der Waals surface area (Å²) in [7, 11) is -5.70. The molecule has 0 nitrogen and oxygen atoms in total. The molecule has 0 bridgehead atoms. The molecule has 0 aliphatic heterocycles. The summed E-state index contributed by atoms with van der Waals surface area (Å²) in [6, 6.07) is 0. The van der Waals surface area contributed by atoms with Gasteiger partial charge in [-0.1, -0.05) is 65.5 Å². The third-order valence-corrected chi connectivity index (χ3v) is 28.2. The molecule has 0 saturated heterocycles. The van der Waals surface area contributed by atoms with Gasteiger partial charge in [-0.3, -0.25) is 12.2 Å². The minimum atomic E-state index is -1.56. The first kappa shape index (κ1) is 30.3. The number of halogens is 2. The van der Waals surface area contributed by atoms with Crippen LogP contribution in [0.1, 0.15) is 12.8 Å². The molecular formula is C20H36Cl2Si4Ti. The van der Waals surface area contributed by atoms with Crippen molar-refractivity contribution in [2.45, 2.75) is 78.3 Å². The number of hydrogen-bond donors (Lipinski definition) is 0. The Balaban J connectivity index is 0. The van der Waals surface area contributed by atoms with E-state index in [9.17, 15) is 0 Å². The van der Waals surface area contributed by atoms with Gasteiger partial charge in [0, 0.05) is 15.2 Å². The molecule has 0 spiro atoms.